The Kier molecular flexibility index (Phi) is 3.75. The summed E-state index contributed by atoms with van der Waals surface area (Å²) in [5.41, 5.74) is 4.06. The number of hydrogen-bond acceptors (Lipinski definition) is 3. The van der Waals surface area contributed by atoms with Crippen LogP contribution < -0.4 is 14.8 Å². The van der Waals surface area contributed by atoms with Crippen molar-refractivity contribution in [1.29, 1.82) is 0 Å². The van der Waals surface area contributed by atoms with Crippen LogP contribution in [0.3, 0.4) is 0 Å². The summed E-state index contributed by atoms with van der Waals surface area (Å²) in [6.07, 6.45) is 2.08. The molecular formula is C18H18ClNO2. The molecule has 3 rings (SSSR count). The molecule has 0 fully saturated rings. The lowest BCUT2D eigenvalue weighted by Crippen LogP contribution is -2.36. The van der Waals surface area contributed by atoms with Crippen molar-refractivity contribution < 1.29 is 9.47 Å². The third-order valence-corrected chi connectivity index (χ3v) is 4.11. The molecular weight excluding hydrogens is 298 g/mol. The van der Waals surface area contributed by atoms with Gasteiger partial charge in [-0.15, -0.1) is 0 Å². The average Bonchev–Trinajstić information content (AvgIpc) is 2.53. The van der Waals surface area contributed by atoms with Gasteiger partial charge in [-0.3, -0.25) is 0 Å². The van der Waals surface area contributed by atoms with Crippen molar-refractivity contribution in [2.45, 2.75) is 11.9 Å². The molecule has 0 saturated carbocycles. The lowest BCUT2D eigenvalue weighted by Gasteiger charge is -2.33. The molecule has 0 bridgehead atoms. The summed E-state index contributed by atoms with van der Waals surface area (Å²) in [6.45, 7) is 1.94. The highest BCUT2D eigenvalue weighted by molar-refractivity contribution is 6.25. The fourth-order valence-corrected chi connectivity index (χ4v) is 2.97. The molecule has 1 aliphatic heterocycles. The molecule has 0 aromatic heterocycles. The quantitative estimate of drug-likeness (QED) is 0.679. The fourth-order valence-electron chi connectivity index (χ4n) is 2.71. The Bertz CT molecular complexity index is 723. The van der Waals surface area contributed by atoms with Crippen molar-refractivity contribution in [2.24, 2.45) is 0 Å². The number of rotatable bonds is 3. The van der Waals surface area contributed by atoms with Crippen LogP contribution in [0.4, 0.5) is 0 Å². The van der Waals surface area contributed by atoms with Crippen molar-refractivity contribution in [3.05, 3.63) is 59.2 Å². The number of alkyl halides is 1. The number of nitrogens with one attached hydrogen (secondary N) is 1. The molecule has 1 heterocycles. The largest absolute Gasteiger partial charge is 0.493 e. The first-order valence-electron chi connectivity index (χ1n) is 7.06. The highest BCUT2D eigenvalue weighted by Gasteiger charge is 2.32. The average molecular weight is 316 g/mol. The van der Waals surface area contributed by atoms with Crippen molar-refractivity contribution in [2.75, 3.05) is 14.2 Å². The first-order valence-corrected chi connectivity index (χ1v) is 7.43. The Hall–Kier alpha value is -2.13. The van der Waals surface area contributed by atoms with Crippen LogP contribution >= 0.6 is 11.6 Å². The standard InChI is InChI=1S/C18H18ClNO2/c1-18(19)14-11-17(22-3)16(21-2)10-13(14)9-15(20-18)12-7-5-4-6-8-12/h4-11,20H,1-3H3. The Morgan fingerprint density at radius 2 is 1.64 bits per heavy atom. The maximum absolute atomic E-state index is 6.72. The summed E-state index contributed by atoms with van der Waals surface area (Å²) in [5.74, 6) is 1.37. The van der Waals surface area contributed by atoms with E-state index in [1.54, 1.807) is 14.2 Å². The molecule has 0 spiro atoms. The molecule has 3 nitrogen and oxygen atoms in total. The fraction of sp³-hybridized carbons (Fsp3) is 0.222. The van der Waals surface area contributed by atoms with Gasteiger partial charge in [0, 0.05) is 11.3 Å². The second kappa shape index (κ2) is 5.58. The molecule has 1 atom stereocenters. The number of ether oxygens (including phenoxy) is 2. The van der Waals surface area contributed by atoms with Gasteiger partial charge in [-0.2, -0.15) is 0 Å². The molecule has 4 heteroatoms. The Morgan fingerprint density at radius 1 is 1.00 bits per heavy atom. The van der Waals surface area contributed by atoms with E-state index in [2.05, 4.69) is 23.5 Å². The molecule has 114 valence electrons. The van der Waals surface area contributed by atoms with Gasteiger partial charge in [0.25, 0.3) is 0 Å². The second-order valence-electron chi connectivity index (χ2n) is 5.35. The van der Waals surface area contributed by atoms with Crippen LogP contribution in [0, 0.1) is 0 Å². The van der Waals surface area contributed by atoms with Gasteiger partial charge in [0.1, 0.15) is 5.00 Å². The van der Waals surface area contributed by atoms with Gasteiger partial charge in [-0.1, -0.05) is 41.9 Å². The Morgan fingerprint density at radius 3 is 2.27 bits per heavy atom. The molecule has 0 aliphatic carbocycles. The summed E-state index contributed by atoms with van der Waals surface area (Å²) in [5, 5.41) is 3.38. The SMILES string of the molecule is COc1cc2c(cc1OC)C(C)(Cl)NC(c1ccccc1)=C2. The normalized spacial score (nSPS) is 19.7. The van der Waals surface area contributed by atoms with Crippen LogP contribution in [0.15, 0.2) is 42.5 Å². The minimum absolute atomic E-state index is 0.673. The molecule has 2 aromatic rings. The first kappa shape index (κ1) is 14.8. The van der Waals surface area contributed by atoms with Crippen LogP contribution in [-0.4, -0.2) is 14.2 Å². The highest BCUT2D eigenvalue weighted by Crippen LogP contribution is 2.42. The van der Waals surface area contributed by atoms with Gasteiger partial charge in [0.15, 0.2) is 11.5 Å². The van der Waals surface area contributed by atoms with Gasteiger partial charge in [0.2, 0.25) is 0 Å². The van der Waals surface area contributed by atoms with E-state index in [1.165, 1.54) is 0 Å². The molecule has 1 N–H and O–H groups in total. The number of halogens is 1. The second-order valence-corrected chi connectivity index (χ2v) is 6.10. The van der Waals surface area contributed by atoms with E-state index in [-0.39, 0.29) is 0 Å². The summed E-state index contributed by atoms with van der Waals surface area (Å²) >= 11 is 6.72. The zero-order chi connectivity index (χ0) is 15.7. The van der Waals surface area contributed by atoms with Gasteiger partial charge in [-0.25, -0.2) is 0 Å². The van der Waals surface area contributed by atoms with E-state index in [1.807, 2.05) is 37.3 Å². The smallest absolute Gasteiger partial charge is 0.161 e. The predicted octanol–water partition coefficient (Wildman–Crippen LogP) is 4.22. The van der Waals surface area contributed by atoms with E-state index >= 15 is 0 Å². The highest BCUT2D eigenvalue weighted by atomic mass is 35.5. The summed E-state index contributed by atoms with van der Waals surface area (Å²) < 4.78 is 10.8. The molecule has 1 unspecified atom stereocenters. The third kappa shape index (κ3) is 2.53. The third-order valence-electron chi connectivity index (χ3n) is 3.82. The molecule has 0 radical (unpaired) electrons. The molecule has 0 saturated heterocycles. The minimum atomic E-state index is -0.713. The number of methoxy groups -OCH3 is 2. The van der Waals surface area contributed by atoms with Crippen molar-refractivity contribution in [3.8, 4) is 11.5 Å². The maximum atomic E-state index is 6.72. The molecule has 0 amide bonds. The molecule has 2 aromatic carbocycles. The van der Waals surface area contributed by atoms with Gasteiger partial charge in [0.05, 0.1) is 14.2 Å². The van der Waals surface area contributed by atoms with Gasteiger partial charge < -0.3 is 14.8 Å². The lowest BCUT2D eigenvalue weighted by atomic mass is 9.93. The van der Waals surface area contributed by atoms with E-state index in [0.717, 1.165) is 22.4 Å². The van der Waals surface area contributed by atoms with E-state index in [4.69, 9.17) is 21.1 Å². The van der Waals surface area contributed by atoms with Crippen LogP contribution in [0.5, 0.6) is 11.5 Å². The van der Waals surface area contributed by atoms with Crippen molar-refractivity contribution >= 4 is 23.4 Å². The van der Waals surface area contributed by atoms with E-state index < -0.39 is 5.00 Å². The Labute approximate surface area is 135 Å². The number of benzene rings is 2. The van der Waals surface area contributed by atoms with E-state index in [0.29, 0.717) is 11.5 Å². The monoisotopic (exact) mass is 315 g/mol. The summed E-state index contributed by atoms with van der Waals surface area (Å²) in [7, 11) is 3.25. The minimum Gasteiger partial charge on any atom is -0.493 e. The Balaban J connectivity index is 2.16. The predicted molar refractivity (Wildman–Crippen MR) is 90.2 cm³/mol. The maximum Gasteiger partial charge on any atom is 0.161 e. The number of hydrogen-bond donors (Lipinski definition) is 1. The van der Waals surface area contributed by atoms with E-state index in [9.17, 15) is 0 Å². The van der Waals surface area contributed by atoms with Crippen molar-refractivity contribution in [3.63, 3.8) is 0 Å². The summed E-state index contributed by atoms with van der Waals surface area (Å²) in [6, 6.07) is 14.0. The van der Waals surface area contributed by atoms with Crippen molar-refractivity contribution in [1.82, 2.24) is 5.32 Å². The number of fused-ring (bicyclic) bond motifs is 1. The zero-order valence-corrected chi connectivity index (χ0v) is 13.6. The lowest BCUT2D eigenvalue weighted by molar-refractivity contribution is 0.353. The topological polar surface area (TPSA) is 30.5 Å². The first-order chi connectivity index (χ1) is 10.5. The molecule has 22 heavy (non-hydrogen) atoms. The van der Waals surface area contributed by atoms with Crippen LogP contribution in [0.1, 0.15) is 23.6 Å². The summed E-state index contributed by atoms with van der Waals surface area (Å²) in [4.78, 5) is -0.713. The van der Waals surface area contributed by atoms with Gasteiger partial charge >= 0.3 is 0 Å². The zero-order valence-electron chi connectivity index (χ0n) is 12.8. The van der Waals surface area contributed by atoms with Crippen LogP contribution in [-0.2, 0) is 5.00 Å². The van der Waals surface area contributed by atoms with Crippen LogP contribution in [0.2, 0.25) is 0 Å². The molecule has 1 aliphatic rings. The van der Waals surface area contributed by atoms with Crippen LogP contribution in [0.25, 0.3) is 11.8 Å². The van der Waals surface area contributed by atoms with Gasteiger partial charge in [-0.05, 0) is 36.3 Å².